The number of fused-ring (bicyclic) bond motifs is 1. The minimum absolute atomic E-state index is 0.191. The molecule has 0 saturated carbocycles. The molecule has 0 aliphatic carbocycles. The Labute approximate surface area is 254 Å². The highest BCUT2D eigenvalue weighted by Crippen LogP contribution is 2.33. The zero-order chi connectivity index (χ0) is 33.0. The van der Waals surface area contributed by atoms with Crippen molar-refractivity contribution < 1.29 is 57.1 Å². The van der Waals surface area contributed by atoms with Crippen LogP contribution in [0.3, 0.4) is 0 Å². The molecular weight excluding hydrogens is 602 g/mol. The number of hydrogen-bond acceptors (Lipinski definition) is 14. The number of rotatable bonds is 9. The van der Waals surface area contributed by atoms with Gasteiger partial charge >= 0.3 is 41.2 Å². The maximum absolute atomic E-state index is 13.8. The van der Waals surface area contributed by atoms with Gasteiger partial charge in [0.25, 0.3) is 0 Å². The maximum atomic E-state index is 13.8. The summed E-state index contributed by atoms with van der Waals surface area (Å²) in [6.07, 6.45) is -6.57. The average molecular weight is 634 g/mol. The number of esters is 5. The van der Waals surface area contributed by atoms with E-state index >= 15 is 0 Å². The fourth-order valence-corrected chi connectivity index (χ4v) is 4.95. The minimum Gasteiger partial charge on any atom is -0.467 e. The molecule has 7 atom stereocenters. The molecular formula is C28H31N3O14. The molecule has 45 heavy (non-hydrogen) atoms. The third-order valence-corrected chi connectivity index (χ3v) is 6.65. The Morgan fingerprint density at radius 3 is 1.91 bits per heavy atom. The molecule has 2 aromatic rings. The van der Waals surface area contributed by atoms with Crippen molar-refractivity contribution in [2.24, 2.45) is 0 Å². The van der Waals surface area contributed by atoms with E-state index in [1.54, 1.807) is 18.2 Å². The zero-order valence-electron chi connectivity index (χ0n) is 24.8. The van der Waals surface area contributed by atoms with E-state index in [1.807, 2.05) is 0 Å². The van der Waals surface area contributed by atoms with Crippen LogP contribution in [-0.4, -0.2) is 88.2 Å². The van der Waals surface area contributed by atoms with Gasteiger partial charge in [-0.15, -0.1) is 0 Å². The summed E-state index contributed by atoms with van der Waals surface area (Å²) in [6, 6.07) is 6.53. The molecule has 2 aliphatic heterocycles. The van der Waals surface area contributed by atoms with Gasteiger partial charge in [-0.05, 0) is 24.3 Å². The van der Waals surface area contributed by atoms with Crippen LogP contribution in [0.25, 0.3) is 5.69 Å². The second-order valence-corrected chi connectivity index (χ2v) is 9.87. The van der Waals surface area contributed by atoms with Crippen molar-refractivity contribution >= 4 is 29.8 Å². The lowest BCUT2D eigenvalue weighted by molar-refractivity contribution is -0.321. The van der Waals surface area contributed by atoms with Crippen LogP contribution in [0, 0.1) is 0 Å². The number of carbonyl (C=O) groups excluding carboxylic acids is 5. The lowest BCUT2D eigenvalue weighted by Crippen LogP contribution is -2.63. The van der Waals surface area contributed by atoms with Gasteiger partial charge in [-0.2, -0.15) is 4.68 Å². The first-order valence-electron chi connectivity index (χ1n) is 13.6. The predicted octanol–water partition coefficient (Wildman–Crippen LogP) is -0.317. The first-order chi connectivity index (χ1) is 21.3. The molecule has 0 amide bonds. The van der Waals surface area contributed by atoms with Gasteiger partial charge in [0.05, 0.1) is 12.8 Å². The second kappa shape index (κ2) is 13.7. The van der Waals surface area contributed by atoms with Crippen LogP contribution in [0.1, 0.15) is 40.0 Å². The van der Waals surface area contributed by atoms with Gasteiger partial charge in [0, 0.05) is 27.7 Å². The molecule has 1 saturated heterocycles. The summed E-state index contributed by atoms with van der Waals surface area (Å²) in [7, 11) is 1.11. The summed E-state index contributed by atoms with van der Waals surface area (Å²) in [5, 5.41) is 0. The van der Waals surface area contributed by atoms with E-state index in [0.29, 0.717) is 0 Å². The Hall–Kier alpha value is -5.03. The summed E-state index contributed by atoms with van der Waals surface area (Å²) in [5.41, 5.74) is -1.63. The Morgan fingerprint density at radius 2 is 1.33 bits per heavy atom. The van der Waals surface area contributed by atoms with Crippen LogP contribution in [0.2, 0.25) is 0 Å². The Kier molecular flexibility index (Phi) is 10.0. The predicted molar refractivity (Wildman–Crippen MR) is 147 cm³/mol. The van der Waals surface area contributed by atoms with E-state index < -0.39 is 90.8 Å². The Balaban J connectivity index is 1.83. The Bertz CT molecular complexity index is 1610. The fraction of sp³-hybridized carbons (Fsp3) is 0.464. The van der Waals surface area contributed by atoms with Crippen molar-refractivity contribution in [3.63, 3.8) is 0 Å². The molecule has 1 fully saturated rings. The first-order valence-corrected chi connectivity index (χ1v) is 13.6. The topological polar surface area (TPSA) is 199 Å². The van der Waals surface area contributed by atoms with Gasteiger partial charge < -0.3 is 33.2 Å². The second-order valence-electron chi connectivity index (χ2n) is 9.87. The van der Waals surface area contributed by atoms with Gasteiger partial charge in [0.1, 0.15) is 12.7 Å². The molecule has 0 spiro atoms. The van der Waals surface area contributed by atoms with E-state index in [1.165, 1.54) is 24.3 Å². The average Bonchev–Trinajstić information content (AvgIpc) is 3.24. The molecule has 1 aromatic carbocycles. The molecule has 17 heteroatoms. The molecule has 0 N–H and O–H groups in total. The van der Waals surface area contributed by atoms with Crippen molar-refractivity contribution in [1.82, 2.24) is 13.9 Å². The molecule has 3 heterocycles. The molecule has 1 aromatic heterocycles. The summed E-state index contributed by atoms with van der Waals surface area (Å²) in [4.78, 5) is 88.0. The highest BCUT2D eigenvalue weighted by Gasteiger charge is 2.53. The molecule has 242 valence electrons. The number of carbonyl (C=O) groups is 5. The third kappa shape index (κ3) is 7.04. The quantitative estimate of drug-likeness (QED) is 0.198. The summed E-state index contributed by atoms with van der Waals surface area (Å²) in [5.74, 6) is -4.13. The van der Waals surface area contributed by atoms with Gasteiger partial charge in [-0.25, -0.2) is 23.6 Å². The molecule has 17 nitrogen and oxygen atoms in total. The van der Waals surface area contributed by atoms with Crippen LogP contribution in [0.4, 0.5) is 0 Å². The molecule has 0 radical (unpaired) electrons. The highest BCUT2D eigenvalue weighted by atomic mass is 16.7. The monoisotopic (exact) mass is 633 g/mol. The van der Waals surface area contributed by atoms with E-state index in [-0.39, 0.29) is 5.69 Å². The molecule has 0 bridgehead atoms. The summed E-state index contributed by atoms with van der Waals surface area (Å²) in [6.45, 7) is 3.79. The van der Waals surface area contributed by atoms with Crippen LogP contribution in [-0.2, 0) is 57.1 Å². The fourth-order valence-electron chi connectivity index (χ4n) is 4.95. The lowest BCUT2D eigenvalue weighted by atomic mass is 9.98. The van der Waals surface area contributed by atoms with E-state index in [4.69, 9.17) is 33.2 Å². The number of benzene rings is 1. The van der Waals surface area contributed by atoms with Crippen LogP contribution in [0.15, 0.2) is 52.1 Å². The van der Waals surface area contributed by atoms with Crippen molar-refractivity contribution in [2.45, 2.75) is 70.7 Å². The van der Waals surface area contributed by atoms with Crippen molar-refractivity contribution in [3.8, 4) is 5.69 Å². The number of aromatic nitrogens is 3. The van der Waals surface area contributed by atoms with Crippen molar-refractivity contribution in [2.75, 3.05) is 13.7 Å². The van der Waals surface area contributed by atoms with E-state index in [9.17, 15) is 33.6 Å². The van der Waals surface area contributed by atoms with Crippen LogP contribution < -0.4 is 11.4 Å². The standard InChI is InChI=1S/C28H31N3O14/c1-14(32)40-13-20-22(41-15(2)33)23(42-16(3)34)24(43-17(4)35)26(44-20)45-21-12-11-19(25(36)39-5)30-27(37)29(28(38)31(21)30)18-9-7-6-8-10-18/h6-12,19-24,26H,13H2,1-5H3/t19-,20+,21-,22+,23+,24+,26+/m1/s1. The van der Waals surface area contributed by atoms with Gasteiger partial charge in [0.15, 0.2) is 30.6 Å². The van der Waals surface area contributed by atoms with Crippen LogP contribution in [0.5, 0.6) is 0 Å². The Morgan fingerprint density at radius 1 is 0.756 bits per heavy atom. The minimum atomic E-state index is -1.69. The zero-order valence-corrected chi connectivity index (χ0v) is 24.8. The molecule has 2 aliphatic rings. The number of nitrogens with zero attached hydrogens (tertiary/aromatic N) is 3. The summed E-state index contributed by atoms with van der Waals surface area (Å²) < 4.78 is 40.6. The normalized spacial score (nSPS) is 25.4. The van der Waals surface area contributed by atoms with E-state index in [2.05, 4.69) is 0 Å². The number of ether oxygens (including phenoxy) is 7. The SMILES string of the molecule is COC(=O)[C@H]1C=C[C@@H](O[C@@H]2O[C@@H](COC(C)=O)[C@H](OC(C)=O)[C@H](OC(C)=O)[C@@H]2OC(C)=O)n2c(=O)n(-c3ccccc3)c(=O)n21. The maximum Gasteiger partial charge on any atom is 0.354 e. The van der Waals surface area contributed by atoms with E-state index in [0.717, 1.165) is 48.7 Å². The van der Waals surface area contributed by atoms with Gasteiger partial charge in [-0.3, -0.25) is 19.2 Å². The largest absolute Gasteiger partial charge is 0.467 e. The number of methoxy groups -OCH3 is 1. The smallest absolute Gasteiger partial charge is 0.354 e. The first kappa shape index (κ1) is 32.9. The van der Waals surface area contributed by atoms with Gasteiger partial charge in [-0.1, -0.05) is 18.2 Å². The van der Waals surface area contributed by atoms with Gasteiger partial charge in [0.2, 0.25) is 6.29 Å². The number of para-hydroxylation sites is 1. The number of hydrogen-bond donors (Lipinski definition) is 0. The lowest BCUT2D eigenvalue weighted by Gasteiger charge is -2.44. The highest BCUT2D eigenvalue weighted by molar-refractivity contribution is 5.76. The molecule has 4 rings (SSSR count). The van der Waals surface area contributed by atoms with Crippen molar-refractivity contribution in [3.05, 3.63) is 63.5 Å². The van der Waals surface area contributed by atoms with Crippen LogP contribution >= 0.6 is 0 Å². The summed E-state index contributed by atoms with van der Waals surface area (Å²) >= 11 is 0. The molecule has 0 unspecified atom stereocenters. The van der Waals surface area contributed by atoms with Crippen molar-refractivity contribution in [1.29, 1.82) is 0 Å². The third-order valence-electron chi connectivity index (χ3n) is 6.65.